The zero-order valence-corrected chi connectivity index (χ0v) is 11.0. The lowest BCUT2D eigenvalue weighted by Gasteiger charge is -2.20. The highest BCUT2D eigenvalue weighted by molar-refractivity contribution is 5.91. The number of nitrogens with one attached hydrogen (secondary N) is 1. The van der Waals surface area contributed by atoms with Crippen molar-refractivity contribution in [1.29, 1.82) is 0 Å². The van der Waals surface area contributed by atoms with Gasteiger partial charge in [0.2, 0.25) is 0 Å². The predicted octanol–water partition coefficient (Wildman–Crippen LogP) is 1.78. The molecule has 0 saturated heterocycles. The van der Waals surface area contributed by atoms with E-state index in [-0.39, 0.29) is 5.91 Å². The molecule has 5 nitrogen and oxygen atoms in total. The van der Waals surface area contributed by atoms with Gasteiger partial charge in [0.25, 0.3) is 5.91 Å². The van der Waals surface area contributed by atoms with Crippen molar-refractivity contribution in [3.63, 3.8) is 0 Å². The second kappa shape index (κ2) is 5.80. The topological polar surface area (TPSA) is 58.1 Å². The van der Waals surface area contributed by atoms with Crippen LogP contribution in [0.1, 0.15) is 36.2 Å². The fourth-order valence-electron chi connectivity index (χ4n) is 2.43. The normalized spacial score (nSPS) is 15.7. The van der Waals surface area contributed by atoms with E-state index in [2.05, 4.69) is 15.3 Å². The molecule has 1 aliphatic carbocycles. The lowest BCUT2D eigenvalue weighted by molar-refractivity contribution is 0.0767. The zero-order valence-electron chi connectivity index (χ0n) is 11.0. The van der Waals surface area contributed by atoms with Gasteiger partial charge < -0.3 is 10.2 Å². The summed E-state index contributed by atoms with van der Waals surface area (Å²) >= 11 is 0. The molecule has 2 rings (SSSR count). The molecule has 0 atom stereocenters. The van der Waals surface area contributed by atoms with E-state index in [0.717, 1.165) is 6.54 Å². The van der Waals surface area contributed by atoms with Crippen LogP contribution in [0.15, 0.2) is 12.4 Å². The minimum atomic E-state index is -0.0444. The summed E-state index contributed by atoms with van der Waals surface area (Å²) in [6.45, 7) is 0.828. The van der Waals surface area contributed by atoms with Gasteiger partial charge in [-0.05, 0) is 18.8 Å². The van der Waals surface area contributed by atoms with Gasteiger partial charge in [-0.1, -0.05) is 12.8 Å². The molecule has 0 radical (unpaired) electrons. The number of carbonyl (C=O) groups is 1. The highest BCUT2D eigenvalue weighted by Gasteiger charge is 2.20. The maximum Gasteiger partial charge on any atom is 0.273 e. The summed E-state index contributed by atoms with van der Waals surface area (Å²) in [5.74, 6) is 1.28. The lowest BCUT2D eigenvalue weighted by atomic mass is 10.1. The van der Waals surface area contributed by atoms with Gasteiger partial charge >= 0.3 is 0 Å². The Bertz CT molecular complexity index is 398. The largest absolute Gasteiger partial charge is 0.372 e. The zero-order chi connectivity index (χ0) is 13.0. The molecule has 1 saturated carbocycles. The Morgan fingerprint density at radius 1 is 1.39 bits per heavy atom. The van der Waals surface area contributed by atoms with Crippen LogP contribution < -0.4 is 5.32 Å². The monoisotopic (exact) mass is 248 g/mol. The van der Waals surface area contributed by atoms with Gasteiger partial charge in [0, 0.05) is 20.6 Å². The molecule has 0 aliphatic heterocycles. The fraction of sp³-hybridized carbons (Fsp3) is 0.615. The van der Waals surface area contributed by atoms with Crippen LogP contribution >= 0.6 is 0 Å². The van der Waals surface area contributed by atoms with E-state index in [1.54, 1.807) is 18.1 Å². The highest BCUT2D eigenvalue weighted by Crippen LogP contribution is 2.25. The average molecular weight is 248 g/mol. The number of hydrogen-bond donors (Lipinski definition) is 1. The molecule has 98 valence electrons. The lowest BCUT2D eigenvalue weighted by Crippen LogP contribution is -2.31. The van der Waals surface area contributed by atoms with Crippen molar-refractivity contribution in [3.8, 4) is 0 Å². The first-order valence-corrected chi connectivity index (χ1v) is 6.46. The minimum Gasteiger partial charge on any atom is -0.372 e. The molecular weight excluding hydrogens is 228 g/mol. The number of nitrogens with zero attached hydrogens (tertiary/aromatic N) is 3. The summed E-state index contributed by atoms with van der Waals surface area (Å²) in [5, 5.41) is 2.88. The highest BCUT2D eigenvalue weighted by atomic mass is 16.2. The molecule has 0 spiro atoms. The van der Waals surface area contributed by atoms with Crippen LogP contribution in [-0.2, 0) is 0 Å². The second-order valence-corrected chi connectivity index (χ2v) is 4.87. The summed E-state index contributed by atoms with van der Waals surface area (Å²) < 4.78 is 0. The molecule has 1 aliphatic rings. The van der Waals surface area contributed by atoms with Gasteiger partial charge in [-0.15, -0.1) is 0 Å². The predicted molar refractivity (Wildman–Crippen MR) is 70.5 cm³/mol. The van der Waals surface area contributed by atoms with Gasteiger partial charge in [0.1, 0.15) is 11.5 Å². The van der Waals surface area contributed by atoms with Crippen LogP contribution in [0.25, 0.3) is 0 Å². The molecule has 5 heteroatoms. The second-order valence-electron chi connectivity index (χ2n) is 4.87. The van der Waals surface area contributed by atoms with Crippen molar-refractivity contribution >= 4 is 11.7 Å². The van der Waals surface area contributed by atoms with Crippen molar-refractivity contribution in [2.45, 2.75) is 25.7 Å². The quantitative estimate of drug-likeness (QED) is 0.882. The van der Waals surface area contributed by atoms with Crippen molar-refractivity contribution in [3.05, 3.63) is 18.1 Å². The molecule has 18 heavy (non-hydrogen) atoms. The van der Waals surface area contributed by atoms with Crippen LogP contribution in [0.3, 0.4) is 0 Å². The van der Waals surface area contributed by atoms with Gasteiger partial charge in [-0.2, -0.15) is 0 Å². The Kier molecular flexibility index (Phi) is 4.12. The molecule has 1 heterocycles. The average Bonchev–Trinajstić information content (AvgIpc) is 2.91. The summed E-state index contributed by atoms with van der Waals surface area (Å²) in [6.07, 6.45) is 8.17. The van der Waals surface area contributed by atoms with Gasteiger partial charge in [-0.3, -0.25) is 4.79 Å². The number of aromatic nitrogens is 2. The van der Waals surface area contributed by atoms with Crippen molar-refractivity contribution in [2.75, 3.05) is 26.0 Å². The summed E-state index contributed by atoms with van der Waals surface area (Å²) in [4.78, 5) is 22.1. The SMILES string of the molecule is CNc1cnc(C(=O)N(C)CC2CCCC2)cn1. The molecule has 0 bridgehead atoms. The van der Waals surface area contributed by atoms with Crippen molar-refractivity contribution in [1.82, 2.24) is 14.9 Å². The van der Waals surface area contributed by atoms with Gasteiger partial charge in [0.05, 0.1) is 12.4 Å². The molecule has 1 aromatic rings. The number of anilines is 1. The minimum absolute atomic E-state index is 0.0444. The van der Waals surface area contributed by atoms with Crippen LogP contribution in [0, 0.1) is 5.92 Å². The van der Waals surface area contributed by atoms with E-state index >= 15 is 0 Å². The van der Waals surface area contributed by atoms with E-state index in [1.807, 2.05) is 7.05 Å². The molecule has 0 aromatic carbocycles. The Morgan fingerprint density at radius 3 is 2.67 bits per heavy atom. The summed E-state index contributed by atoms with van der Waals surface area (Å²) in [7, 11) is 3.62. The van der Waals surface area contributed by atoms with Crippen molar-refractivity contribution < 1.29 is 4.79 Å². The summed E-state index contributed by atoms with van der Waals surface area (Å²) in [5.41, 5.74) is 0.412. The van der Waals surface area contributed by atoms with E-state index in [1.165, 1.54) is 31.9 Å². The fourth-order valence-corrected chi connectivity index (χ4v) is 2.43. The first-order chi connectivity index (χ1) is 8.70. The number of hydrogen-bond acceptors (Lipinski definition) is 4. The maximum atomic E-state index is 12.1. The van der Waals surface area contributed by atoms with Crippen LogP contribution in [0.5, 0.6) is 0 Å². The van der Waals surface area contributed by atoms with E-state index in [4.69, 9.17) is 0 Å². The number of amides is 1. The third kappa shape index (κ3) is 2.97. The molecule has 1 aromatic heterocycles. The van der Waals surface area contributed by atoms with E-state index in [0.29, 0.717) is 17.4 Å². The van der Waals surface area contributed by atoms with Gasteiger partial charge in [-0.25, -0.2) is 9.97 Å². The Labute approximate surface area is 108 Å². The van der Waals surface area contributed by atoms with Crippen LogP contribution in [0.4, 0.5) is 5.82 Å². The molecule has 1 fully saturated rings. The van der Waals surface area contributed by atoms with E-state index in [9.17, 15) is 4.79 Å². The summed E-state index contributed by atoms with van der Waals surface area (Å²) in [6, 6.07) is 0. The van der Waals surface area contributed by atoms with Crippen LogP contribution in [-0.4, -0.2) is 41.4 Å². The van der Waals surface area contributed by atoms with Crippen LogP contribution in [0.2, 0.25) is 0 Å². The molecule has 1 amide bonds. The smallest absolute Gasteiger partial charge is 0.273 e. The number of carbonyl (C=O) groups excluding carboxylic acids is 1. The first-order valence-electron chi connectivity index (χ1n) is 6.46. The standard InChI is InChI=1S/C13H20N4O/c1-14-12-8-15-11(7-16-12)13(18)17(2)9-10-5-3-4-6-10/h7-8,10H,3-6,9H2,1-2H3,(H,14,16). The molecular formula is C13H20N4O. The van der Waals surface area contributed by atoms with E-state index < -0.39 is 0 Å². The third-order valence-electron chi connectivity index (χ3n) is 3.48. The van der Waals surface area contributed by atoms with Gasteiger partial charge in [0.15, 0.2) is 0 Å². The number of rotatable bonds is 4. The Balaban J connectivity index is 1.95. The Morgan fingerprint density at radius 2 is 2.11 bits per heavy atom. The Hall–Kier alpha value is -1.65. The maximum absolute atomic E-state index is 12.1. The third-order valence-corrected chi connectivity index (χ3v) is 3.48. The molecule has 0 unspecified atom stereocenters. The van der Waals surface area contributed by atoms with Crippen molar-refractivity contribution in [2.24, 2.45) is 5.92 Å². The first kappa shape index (κ1) is 12.8. The molecule has 1 N–H and O–H groups in total.